The maximum atomic E-state index is 7.17. The van der Waals surface area contributed by atoms with E-state index in [-0.39, 0.29) is 6.79 Å². The van der Waals surface area contributed by atoms with Gasteiger partial charge in [-0.3, -0.25) is 0 Å². The molecular formula is C11H15NO3. The molecule has 0 radical (unpaired) electrons. The van der Waals surface area contributed by atoms with Crippen molar-refractivity contribution in [3.05, 3.63) is 23.8 Å². The maximum absolute atomic E-state index is 7.17. The Morgan fingerprint density at radius 3 is 3.20 bits per heavy atom. The lowest BCUT2D eigenvalue weighted by molar-refractivity contribution is 0.104. The van der Waals surface area contributed by atoms with Crippen molar-refractivity contribution in [2.75, 3.05) is 27.4 Å². The Hall–Kier alpha value is -1.26. The molecule has 1 heterocycles. The number of methoxy groups -OCH3 is 1. The van der Waals surface area contributed by atoms with Gasteiger partial charge in [-0.25, -0.2) is 0 Å². The van der Waals surface area contributed by atoms with Crippen LogP contribution in [0.1, 0.15) is 15.8 Å². The summed E-state index contributed by atoms with van der Waals surface area (Å²) in [5, 5.41) is 2.91. The summed E-state index contributed by atoms with van der Waals surface area (Å²) in [6.07, 6.45) is -0.558. The average Bonchev–Trinajstić information content (AvgIpc) is 2.73. The summed E-state index contributed by atoms with van der Waals surface area (Å²) in [6, 6.07) is 5.28. The van der Waals surface area contributed by atoms with Crippen molar-refractivity contribution in [2.45, 2.75) is 6.10 Å². The van der Waals surface area contributed by atoms with Gasteiger partial charge in [0.15, 0.2) is 11.5 Å². The second-order valence-corrected chi connectivity index (χ2v) is 3.28. The summed E-state index contributed by atoms with van der Waals surface area (Å²) in [7, 11) is -0.694. The number of ether oxygens (including phenoxy) is 3. The van der Waals surface area contributed by atoms with Gasteiger partial charge in [0.1, 0.15) is 0 Å². The van der Waals surface area contributed by atoms with Crippen LogP contribution in [0.2, 0.25) is 0 Å². The number of rotatable bonds is 4. The van der Waals surface area contributed by atoms with Gasteiger partial charge in [0.25, 0.3) is 0 Å². The summed E-state index contributed by atoms with van der Waals surface area (Å²) in [4.78, 5) is 0. The molecule has 0 saturated carbocycles. The molecule has 1 aromatic carbocycles. The standard InChI is InChI=1S/C11H15NO3/c1-12-6-11(13-2)8-3-4-9-10(5-8)15-7-14-9/h3-5,11-12H,6-7H2,1-2H3/i2D3. The third kappa shape index (κ3) is 2.06. The first-order valence-electron chi connectivity index (χ1n) is 6.21. The summed E-state index contributed by atoms with van der Waals surface area (Å²) >= 11 is 0. The average molecular weight is 212 g/mol. The molecule has 0 aliphatic carbocycles. The molecule has 0 saturated heterocycles. The van der Waals surface area contributed by atoms with Crippen LogP contribution in [0.15, 0.2) is 18.2 Å². The Kier molecular flexibility index (Phi) is 2.13. The molecule has 0 spiro atoms. The molecule has 1 atom stereocenters. The number of fused-ring (bicyclic) bond motifs is 1. The molecule has 1 aromatic rings. The van der Waals surface area contributed by atoms with Gasteiger partial charge in [0.2, 0.25) is 6.79 Å². The van der Waals surface area contributed by atoms with Gasteiger partial charge in [-0.2, -0.15) is 0 Å². The molecule has 1 unspecified atom stereocenters. The maximum Gasteiger partial charge on any atom is 0.231 e. The molecule has 82 valence electrons. The molecule has 0 aromatic heterocycles. The van der Waals surface area contributed by atoms with E-state index in [0.717, 1.165) is 5.56 Å². The predicted molar refractivity (Wildman–Crippen MR) is 56.2 cm³/mol. The van der Waals surface area contributed by atoms with Crippen LogP contribution in [0.4, 0.5) is 0 Å². The van der Waals surface area contributed by atoms with Gasteiger partial charge >= 0.3 is 0 Å². The first-order valence-corrected chi connectivity index (χ1v) is 4.71. The lowest BCUT2D eigenvalue weighted by Crippen LogP contribution is -2.18. The van der Waals surface area contributed by atoms with E-state index in [2.05, 4.69) is 5.32 Å². The van der Waals surface area contributed by atoms with Crippen molar-refractivity contribution in [1.29, 1.82) is 0 Å². The highest BCUT2D eigenvalue weighted by Gasteiger charge is 2.17. The quantitative estimate of drug-likeness (QED) is 0.817. The number of benzene rings is 1. The van der Waals surface area contributed by atoms with Crippen LogP contribution in [0.3, 0.4) is 0 Å². The van der Waals surface area contributed by atoms with Crippen LogP contribution in [-0.2, 0) is 4.74 Å². The minimum atomic E-state index is -2.43. The summed E-state index contributed by atoms with van der Waals surface area (Å²) in [5.41, 5.74) is 0.740. The molecular weight excluding hydrogens is 194 g/mol. The van der Waals surface area contributed by atoms with E-state index in [1.165, 1.54) is 0 Å². The van der Waals surface area contributed by atoms with Gasteiger partial charge in [-0.15, -0.1) is 0 Å². The first-order chi connectivity index (χ1) is 8.49. The zero-order valence-corrected chi connectivity index (χ0v) is 8.45. The van der Waals surface area contributed by atoms with Gasteiger partial charge in [0.05, 0.1) is 10.2 Å². The van der Waals surface area contributed by atoms with Crippen LogP contribution < -0.4 is 14.8 Å². The SMILES string of the molecule is [2H]C([2H])([2H])OC(CNC)c1ccc2c(c1)OCO2. The molecule has 4 heteroatoms. The van der Waals surface area contributed by atoms with Crippen LogP contribution in [0, 0.1) is 0 Å². The lowest BCUT2D eigenvalue weighted by Gasteiger charge is -2.15. The first kappa shape index (κ1) is 7.09. The van der Waals surface area contributed by atoms with Crippen LogP contribution in [0.25, 0.3) is 0 Å². The molecule has 0 amide bonds. The van der Waals surface area contributed by atoms with Crippen molar-refractivity contribution in [3.63, 3.8) is 0 Å². The van der Waals surface area contributed by atoms with E-state index < -0.39 is 13.1 Å². The minimum absolute atomic E-state index is 0.190. The van der Waals surface area contributed by atoms with E-state index in [4.69, 9.17) is 18.3 Å². The Morgan fingerprint density at radius 2 is 2.40 bits per heavy atom. The lowest BCUT2D eigenvalue weighted by atomic mass is 10.1. The topological polar surface area (TPSA) is 39.7 Å². The highest BCUT2D eigenvalue weighted by atomic mass is 16.7. The second-order valence-electron chi connectivity index (χ2n) is 3.28. The number of nitrogens with one attached hydrogen (secondary N) is 1. The second kappa shape index (κ2) is 4.51. The fourth-order valence-corrected chi connectivity index (χ4v) is 1.53. The molecule has 2 rings (SSSR count). The van der Waals surface area contributed by atoms with E-state index in [0.29, 0.717) is 18.0 Å². The van der Waals surface area contributed by atoms with Crippen molar-refractivity contribution in [1.82, 2.24) is 5.32 Å². The third-order valence-electron chi connectivity index (χ3n) is 2.30. The van der Waals surface area contributed by atoms with Crippen molar-refractivity contribution in [2.24, 2.45) is 0 Å². The number of hydrogen-bond donors (Lipinski definition) is 1. The fourth-order valence-electron chi connectivity index (χ4n) is 1.53. The number of likely N-dealkylation sites (N-methyl/N-ethyl adjacent to an activating group) is 1. The number of hydrogen-bond acceptors (Lipinski definition) is 4. The van der Waals surface area contributed by atoms with E-state index in [1.807, 2.05) is 0 Å². The van der Waals surface area contributed by atoms with Crippen LogP contribution in [0.5, 0.6) is 11.5 Å². The molecule has 0 bridgehead atoms. The molecule has 15 heavy (non-hydrogen) atoms. The van der Waals surface area contributed by atoms with Crippen LogP contribution >= 0.6 is 0 Å². The monoisotopic (exact) mass is 212 g/mol. The van der Waals surface area contributed by atoms with Gasteiger partial charge < -0.3 is 19.5 Å². The molecule has 0 fully saturated rings. The molecule has 4 nitrogen and oxygen atoms in total. The molecule has 1 N–H and O–H groups in total. The largest absolute Gasteiger partial charge is 0.454 e. The predicted octanol–water partition coefficient (Wildman–Crippen LogP) is 1.32. The van der Waals surface area contributed by atoms with E-state index >= 15 is 0 Å². The summed E-state index contributed by atoms with van der Waals surface area (Å²) in [6.45, 7) is 0.591. The smallest absolute Gasteiger partial charge is 0.231 e. The Balaban J connectivity index is 2.20. The highest BCUT2D eigenvalue weighted by molar-refractivity contribution is 5.45. The minimum Gasteiger partial charge on any atom is -0.454 e. The Bertz CT molecular complexity index is 422. The summed E-state index contributed by atoms with van der Waals surface area (Å²) in [5.74, 6) is 1.28. The Morgan fingerprint density at radius 1 is 1.53 bits per heavy atom. The molecule has 1 aliphatic rings. The highest BCUT2D eigenvalue weighted by Crippen LogP contribution is 2.34. The van der Waals surface area contributed by atoms with Crippen molar-refractivity contribution in [3.8, 4) is 11.5 Å². The molecule has 1 aliphatic heterocycles. The fraction of sp³-hybridized carbons (Fsp3) is 0.455. The van der Waals surface area contributed by atoms with Gasteiger partial charge in [0, 0.05) is 13.6 Å². The van der Waals surface area contributed by atoms with Gasteiger partial charge in [-0.05, 0) is 24.7 Å². The summed E-state index contributed by atoms with van der Waals surface area (Å²) < 4.78 is 37.0. The zero-order valence-electron chi connectivity index (χ0n) is 11.4. The van der Waals surface area contributed by atoms with Crippen molar-refractivity contribution >= 4 is 0 Å². The third-order valence-corrected chi connectivity index (χ3v) is 2.30. The Labute approximate surface area is 93.4 Å². The normalized spacial score (nSPS) is 19.1. The van der Waals surface area contributed by atoms with Crippen molar-refractivity contribution < 1.29 is 18.3 Å². The zero-order chi connectivity index (χ0) is 13.2. The van der Waals surface area contributed by atoms with Gasteiger partial charge in [-0.1, -0.05) is 6.07 Å². The van der Waals surface area contributed by atoms with Crippen LogP contribution in [-0.4, -0.2) is 27.4 Å². The van der Waals surface area contributed by atoms with E-state index in [9.17, 15) is 0 Å². The van der Waals surface area contributed by atoms with E-state index in [1.54, 1.807) is 25.2 Å².